The number of nitrogens with one attached hydrogen (secondary N) is 1. The number of carbonyl (C=O) groups is 3. The zero-order chi connectivity index (χ0) is 20.8. The summed E-state index contributed by atoms with van der Waals surface area (Å²) in [5.41, 5.74) is 6.20. The Hall–Kier alpha value is -3.55. The first kappa shape index (κ1) is 20.2. The van der Waals surface area contributed by atoms with Gasteiger partial charge in [-0.3, -0.25) is 14.4 Å². The van der Waals surface area contributed by atoms with Gasteiger partial charge < -0.3 is 25.4 Å². The molecule has 1 atom stereocenters. The van der Waals surface area contributed by atoms with Gasteiger partial charge in [-0.1, -0.05) is 0 Å². The molecular weight excluding hydrogens is 374 g/mol. The van der Waals surface area contributed by atoms with Crippen LogP contribution in [0.4, 0.5) is 5.69 Å². The Balaban J connectivity index is 1.56. The van der Waals surface area contributed by atoms with Crippen LogP contribution in [0.3, 0.4) is 0 Å². The van der Waals surface area contributed by atoms with Crippen LogP contribution >= 0.6 is 0 Å². The summed E-state index contributed by atoms with van der Waals surface area (Å²) in [6.45, 7) is 0.311. The van der Waals surface area contributed by atoms with Crippen LogP contribution in [0, 0.1) is 0 Å². The Kier molecular flexibility index (Phi) is 6.33. The molecule has 1 heterocycles. The predicted octanol–water partition coefficient (Wildman–Crippen LogP) is 1.80. The average molecular weight is 397 g/mol. The minimum Gasteiger partial charge on any atom is -0.497 e. The lowest BCUT2D eigenvalue weighted by atomic mass is 10.2. The largest absolute Gasteiger partial charge is 0.497 e. The molecule has 0 spiro atoms. The van der Waals surface area contributed by atoms with Crippen LogP contribution in [0.5, 0.6) is 11.5 Å². The second-order valence-corrected chi connectivity index (χ2v) is 6.64. The third-order valence-corrected chi connectivity index (χ3v) is 4.73. The van der Waals surface area contributed by atoms with E-state index in [1.165, 1.54) is 17.0 Å². The first-order valence-electron chi connectivity index (χ1n) is 9.25. The SMILES string of the molecule is COc1ccc(NC(=O)C2CCCN2C(=O)COc2ccc(C(N)=O)cc2)cc1. The smallest absolute Gasteiger partial charge is 0.261 e. The lowest BCUT2D eigenvalue weighted by molar-refractivity contribution is -0.138. The van der Waals surface area contributed by atoms with E-state index in [9.17, 15) is 14.4 Å². The predicted molar refractivity (Wildman–Crippen MR) is 107 cm³/mol. The molecule has 2 aromatic carbocycles. The summed E-state index contributed by atoms with van der Waals surface area (Å²) in [6.07, 6.45) is 1.35. The van der Waals surface area contributed by atoms with Crippen molar-refractivity contribution in [2.24, 2.45) is 5.73 Å². The van der Waals surface area contributed by atoms with Crippen molar-refractivity contribution in [1.82, 2.24) is 4.90 Å². The summed E-state index contributed by atoms with van der Waals surface area (Å²) < 4.78 is 10.6. The van der Waals surface area contributed by atoms with Gasteiger partial charge in [-0.2, -0.15) is 0 Å². The van der Waals surface area contributed by atoms with Crippen LogP contribution in [0.15, 0.2) is 48.5 Å². The van der Waals surface area contributed by atoms with E-state index < -0.39 is 11.9 Å². The maximum absolute atomic E-state index is 12.6. The van der Waals surface area contributed by atoms with Crippen LogP contribution in [0.1, 0.15) is 23.2 Å². The van der Waals surface area contributed by atoms with Crippen molar-refractivity contribution < 1.29 is 23.9 Å². The van der Waals surface area contributed by atoms with Crippen LogP contribution in [-0.2, 0) is 9.59 Å². The molecule has 0 aliphatic carbocycles. The molecule has 8 heteroatoms. The quantitative estimate of drug-likeness (QED) is 0.740. The number of amides is 3. The summed E-state index contributed by atoms with van der Waals surface area (Å²) in [5, 5.41) is 2.84. The van der Waals surface area contributed by atoms with E-state index in [4.69, 9.17) is 15.2 Å². The molecule has 0 bridgehead atoms. The van der Waals surface area contributed by atoms with Gasteiger partial charge in [0.15, 0.2) is 6.61 Å². The molecule has 1 saturated heterocycles. The Labute approximate surface area is 168 Å². The van der Waals surface area contributed by atoms with Gasteiger partial charge in [0.25, 0.3) is 5.91 Å². The maximum Gasteiger partial charge on any atom is 0.261 e. The van der Waals surface area contributed by atoms with Crippen LogP contribution in [-0.4, -0.2) is 48.9 Å². The van der Waals surface area contributed by atoms with Crippen LogP contribution in [0.25, 0.3) is 0 Å². The van der Waals surface area contributed by atoms with Crippen LogP contribution in [0.2, 0.25) is 0 Å². The maximum atomic E-state index is 12.6. The van der Waals surface area contributed by atoms with E-state index in [0.29, 0.717) is 35.7 Å². The molecule has 8 nitrogen and oxygen atoms in total. The summed E-state index contributed by atoms with van der Waals surface area (Å²) in [4.78, 5) is 37.8. The van der Waals surface area contributed by atoms with Gasteiger partial charge in [0.2, 0.25) is 11.8 Å². The monoisotopic (exact) mass is 397 g/mol. The molecule has 3 amide bonds. The van der Waals surface area contributed by atoms with Crippen molar-refractivity contribution in [3.8, 4) is 11.5 Å². The number of nitrogens with zero attached hydrogens (tertiary/aromatic N) is 1. The van der Waals surface area contributed by atoms with E-state index in [-0.39, 0.29) is 18.4 Å². The zero-order valence-corrected chi connectivity index (χ0v) is 16.1. The lowest BCUT2D eigenvalue weighted by Gasteiger charge is -2.24. The Bertz CT molecular complexity index is 880. The third-order valence-electron chi connectivity index (χ3n) is 4.73. The molecular formula is C21H23N3O5. The molecule has 0 radical (unpaired) electrons. The topological polar surface area (TPSA) is 111 Å². The number of hydrogen-bond donors (Lipinski definition) is 2. The number of hydrogen-bond acceptors (Lipinski definition) is 5. The summed E-state index contributed by atoms with van der Waals surface area (Å²) in [5.74, 6) is 0.113. The second kappa shape index (κ2) is 9.09. The van der Waals surface area contributed by atoms with Crippen molar-refractivity contribution >= 4 is 23.4 Å². The number of primary amides is 1. The van der Waals surface area contributed by atoms with Crippen molar-refractivity contribution in [3.05, 3.63) is 54.1 Å². The minimum absolute atomic E-state index is 0.192. The van der Waals surface area contributed by atoms with Gasteiger partial charge in [-0.15, -0.1) is 0 Å². The number of methoxy groups -OCH3 is 1. The van der Waals surface area contributed by atoms with Crippen molar-refractivity contribution in [2.45, 2.75) is 18.9 Å². The van der Waals surface area contributed by atoms with Gasteiger partial charge in [0, 0.05) is 17.8 Å². The van der Waals surface area contributed by atoms with E-state index in [1.54, 1.807) is 43.5 Å². The molecule has 3 rings (SSSR count). The standard InChI is InChI=1S/C21H23N3O5/c1-28-16-10-6-15(7-11-16)23-21(27)18-3-2-12-24(18)19(25)13-29-17-8-4-14(5-9-17)20(22)26/h4-11,18H,2-3,12-13H2,1H3,(H2,22,26)(H,23,27). The van der Waals surface area contributed by atoms with E-state index in [2.05, 4.69) is 5.32 Å². The average Bonchev–Trinajstić information content (AvgIpc) is 3.23. The summed E-state index contributed by atoms with van der Waals surface area (Å²) in [7, 11) is 1.57. The molecule has 1 unspecified atom stereocenters. The molecule has 2 aromatic rings. The summed E-state index contributed by atoms with van der Waals surface area (Å²) >= 11 is 0. The minimum atomic E-state index is -0.537. The fraction of sp³-hybridized carbons (Fsp3) is 0.286. The van der Waals surface area contributed by atoms with E-state index >= 15 is 0 Å². The fourth-order valence-electron chi connectivity index (χ4n) is 3.18. The van der Waals surface area contributed by atoms with Crippen molar-refractivity contribution in [3.63, 3.8) is 0 Å². The first-order chi connectivity index (χ1) is 14.0. The molecule has 3 N–H and O–H groups in total. The number of nitrogens with two attached hydrogens (primary N) is 1. The molecule has 0 saturated carbocycles. The second-order valence-electron chi connectivity index (χ2n) is 6.64. The highest BCUT2D eigenvalue weighted by atomic mass is 16.5. The lowest BCUT2D eigenvalue weighted by Crippen LogP contribution is -2.45. The Morgan fingerprint density at radius 2 is 1.72 bits per heavy atom. The molecule has 1 aliphatic heterocycles. The highest BCUT2D eigenvalue weighted by Crippen LogP contribution is 2.21. The van der Waals surface area contributed by atoms with Gasteiger partial charge in [0.1, 0.15) is 17.5 Å². The molecule has 1 fully saturated rings. The van der Waals surface area contributed by atoms with E-state index in [1.807, 2.05) is 0 Å². The van der Waals surface area contributed by atoms with E-state index in [0.717, 1.165) is 6.42 Å². The molecule has 1 aliphatic rings. The van der Waals surface area contributed by atoms with Gasteiger partial charge in [-0.25, -0.2) is 0 Å². The van der Waals surface area contributed by atoms with Gasteiger partial charge >= 0.3 is 0 Å². The van der Waals surface area contributed by atoms with Gasteiger partial charge in [-0.05, 0) is 61.4 Å². The number of benzene rings is 2. The van der Waals surface area contributed by atoms with Gasteiger partial charge in [0.05, 0.1) is 7.11 Å². The Morgan fingerprint density at radius 1 is 1.07 bits per heavy atom. The summed E-state index contributed by atoms with van der Waals surface area (Å²) in [6, 6.07) is 12.7. The molecule has 0 aromatic heterocycles. The number of carbonyl (C=O) groups excluding carboxylic acids is 3. The normalized spacial score (nSPS) is 15.6. The highest BCUT2D eigenvalue weighted by molar-refractivity contribution is 5.97. The Morgan fingerprint density at radius 3 is 2.34 bits per heavy atom. The first-order valence-corrected chi connectivity index (χ1v) is 9.25. The van der Waals surface area contributed by atoms with Crippen molar-refractivity contribution in [1.29, 1.82) is 0 Å². The molecule has 152 valence electrons. The van der Waals surface area contributed by atoms with Crippen LogP contribution < -0.4 is 20.5 Å². The van der Waals surface area contributed by atoms with Crippen molar-refractivity contribution in [2.75, 3.05) is 25.6 Å². The number of anilines is 1. The third kappa shape index (κ3) is 5.04. The number of likely N-dealkylation sites (tertiary alicyclic amines) is 1. The fourth-order valence-corrected chi connectivity index (χ4v) is 3.18. The zero-order valence-electron chi connectivity index (χ0n) is 16.1. The number of rotatable bonds is 7. The highest BCUT2D eigenvalue weighted by Gasteiger charge is 2.34. The number of ether oxygens (including phenoxy) is 2. The molecule has 29 heavy (non-hydrogen) atoms.